The smallest absolute Gasteiger partial charge is 0.368 e. The number of nitrogens with two attached hydrogens (primary N) is 2. The molecule has 4 N–H and O–H groups in total. The van der Waals surface area contributed by atoms with E-state index in [9.17, 15) is 18.0 Å². The third-order valence-electron chi connectivity index (χ3n) is 3.07. The van der Waals surface area contributed by atoms with E-state index in [-0.39, 0.29) is 19.0 Å². The molecule has 1 aliphatic carbocycles. The van der Waals surface area contributed by atoms with Gasteiger partial charge in [-0.2, -0.15) is 13.2 Å². The quantitative estimate of drug-likeness (QED) is 0.722. The number of amides is 1. The SMILES string of the molecule is CN(CCC(F)(F)F)CC(N)(C(N)=O)C1CC1. The number of likely N-dealkylation sites (N-methyl/N-ethyl adjacent to an activating group) is 1. The average Bonchev–Trinajstić information content (AvgIpc) is 2.96. The highest BCUT2D eigenvalue weighted by Gasteiger charge is 2.47. The van der Waals surface area contributed by atoms with Crippen molar-refractivity contribution in [3.63, 3.8) is 0 Å². The van der Waals surface area contributed by atoms with Crippen molar-refractivity contribution in [3.8, 4) is 0 Å². The number of hydrogen-bond acceptors (Lipinski definition) is 3. The van der Waals surface area contributed by atoms with Gasteiger partial charge in [-0.1, -0.05) is 0 Å². The lowest BCUT2D eigenvalue weighted by atomic mass is 9.93. The maximum absolute atomic E-state index is 12.0. The van der Waals surface area contributed by atoms with Crippen LogP contribution < -0.4 is 11.5 Å². The number of halogens is 3. The Morgan fingerprint density at radius 3 is 2.29 bits per heavy atom. The lowest BCUT2D eigenvalue weighted by Gasteiger charge is -2.31. The molecule has 0 aromatic carbocycles. The van der Waals surface area contributed by atoms with Gasteiger partial charge in [0.1, 0.15) is 5.54 Å². The molecule has 100 valence electrons. The molecule has 0 saturated heterocycles. The first-order chi connectivity index (χ1) is 7.65. The number of alkyl halides is 3. The maximum atomic E-state index is 12.0. The summed E-state index contributed by atoms with van der Waals surface area (Å²) in [5.41, 5.74) is 9.92. The van der Waals surface area contributed by atoms with Crippen LogP contribution in [0.5, 0.6) is 0 Å². The van der Waals surface area contributed by atoms with Gasteiger partial charge in [-0.3, -0.25) is 4.79 Å². The number of carbonyl (C=O) groups excluding carboxylic acids is 1. The molecule has 0 bridgehead atoms. The molecule has 0 heterocycles. The second-order valence-corrected chi connectivity index (χ2v) is 4.78. The Hall–Kier alpha value is -0.820. The molecular formula is C10H18F3N3O. The molecule has 7 heteroatoms. The van der Waals surface area contributed by atoms with E-state index in [4.69, 9.17) is 11.5 Å². The molecule has 1 unspecified atom stereocenters. The molecule has 1 atom stereocenters. The molecule has 0 aliphatic heterocycles. The minimum atomic E-state index is -4.20. The molecule has 4 nitrogen and oxygen atoms in total. The van der Waals surface area contributed by atoms with E-state index in [1.54, 1.807) is 0 Å². The zero-order chi connectivity index (χ0) is 13.3. The van der Waals surface area contributed by atoms with Gasteiger partial charge in [0.15, 0.2) is 0 Å². The van der Waals surface area contributed by atoms with Crippen LogP contribution in [0.2, 0.25) is 0 Å². The van der Waals surface area contributed by atoms with Gasteiger partial charge in [-0.15, -0.1) is 0 Å². The first kappa shape index (κ1) is 14.2. The van der Waals surface area contributed by atoms with Crippen LogP contribution in [0.1, 0.15) is 19.3 Å². The Balaban J connectivity index is 2.48. The molecule has 0 aromatic heterocycles. The van der Waals surface area contributed by atoms with Crippen molar-refractivity contribution in [3.05, 3.63) is 0 Å². The lowest BCUT2D eigenvalue weighted by molar-refractivity contribution is -0.138. The topological polar surface area (TPSA) is 72.3 Å². The van der Waals surface area contributed by atoms with Gasteiger partial charge in [0.05, 0.1) is 6.42 Å². The van der Waals surface area contributed by atoms with Crippen LogP contribution in [-0.4, -0.2) is 42.7 Å². The number of nitrogens with zero attached hydrogens (tertiary/aromatic N) is 1. The van der Waals surface area contributed by atoms with Crippen molar-refractivity contribution in [1.82, 2.24) is 4.90 Å². The summed E-state index contributed by atoms with van der Waals surface area (Å²) in [5.74, 6) is -0.632. The number of carbonyl (C=O) groups is 1. The number of rotatable bonds is 6. The van der Waals surface area contributed by atoms with E-state index < -0.39 is 24.0 Å². The summed E-state index contributed by atoms with van der Waals surface area (Å²) in [5, 5.41) is 0. The van der Waals surface area contributed by atoms with E-state index in [0.29, 0.717) is 0 Å². The zero-order valence-electron chi connectivity index (χ0n) is 9.76. The standard InChI is InChI=1S/C10H18F3N3O/c1-16(5-4-10(11,12)13)6-9(15,8(14)17)7-2-3-7/h7H,2-6,15H2,1H3,(H2,14,17). The van der Waals surface area contributed by atoms with Crippen LogP contribution >= 0.6 is 0 Å². The molecular weight excluding hydrogens is 235 g/mol. The average molecular weight is 253 g/mol. The van der Waals surface area contributed by atoms with Crippen molar-refractivity contribution in [2.45, 2.75) is 31.0 Å². The third kappa shape index (κ3) is 4.16. The zero-order valence-corrected chi connectivity index (χ0v) is 9.76. The molecule has 0 spiro atoms. The summed E-state index contributed by atoms with van der Waals surface area (Å²) in [6, 6.07) is 0. The van der Waals surface area contributed by atoms with Gasteiger partial charge in [0.25, 0.3) is 0 Å². The molecule has 1 saturated carbocycles. The summed E-state index contributed by atoms with van der Waals surface area (Å²) in [6.45, 7) is -0.106. The molecule has 1 rings (SSSR count). The van der Waals surface area contributed by atoms with Gasteiger partial charge in [0, 0.05) is 13.1 Å². The minimum absolute atomic E-state index is 0.00772. The Bertz CT molecular complexity index is 291. The van der Waals surface area contributed by atoms with Crippen LogP contribution in [0.3, 0.4) is 0 Å². The number of hydrogen-bond donors (Lipinski definition) is 2. The minimum Gasteiger partial charge on any atom is -0.368 e. The van der Waals surface area contributed by atoms with E-state index in [1.807, 2.05) is 0 Å². The highest BCUT2D eigenvalue weighted by atomic mass is 19.4. The lowest BCUT2D eigenvalue weighted by Crippen LogP contribution is -2.60. The van der Waals surface area contributed by atoms with Crippen LogP contribution in [0.25, 0.3) is 0 Å². The fraction of sp³-hybridized carbons (Fsp3) is 0.900. The third-order valence-corrected chi connectivity index (χ3v) is 3.07. The van der Waals surface area contributed by atoms with Crippen molar-refractivity contribution >= 4 is 5.91 Å². The Morgan fingerprint density at radius 2 is 1.94 bits per heavy atom. The second-order valence-electron chi connectivity index (χ2n) is 4.78. The number of primary amides is 1. The highest BCUT2D eigenvalue weighted by Crippen LogP contribution is 2.38. The molecule has 1 fully saturated rings. The first-order valence-electron chi connectivity index (χ1n) is 5.49. The monoisotopic (exact) mass is 253 g/mol. The normalized spacial score (nSPS) is 20.4. The predicted octanol–water partition coefficient (Wildman–Crippen LogP) is 0.463. The predicted molar refractivity (Wildman–Crippen MR) is 57.0 cm³/mol. The fourth-order valence-electron chi connectivity index (χ4n) is 1.85. The van der Waals surface area contributed by atoms with Crippen LogP contribution in [0.15, 0.2) is 0 Å². The maximum Gasteiger partial charge on any atom is 0.390 e. The first-order valence-corrected chi connectivity index (χ1v) is 5.49. The van der Waals surface area contributed by atoms with Crippen LogP contribution in [0.4, 0.5) is 13.2 Å². The van der Waals surface area contributed by atoms with Gasteiger partial charge >= 0.3 is 6.18 Å². The van der Waals surface area contributed by atoms with Crippen molar-refractivity contribution in [1.29, 1.82) is 0 Å². The fourth-order valence-corrected chi connectivity index (χ4v) is 1.85. The summed E-state index contributed by atoms with van der Waals surface area (Å²) < 4.78 is 36.1. The summed E-state index contributed by atoms with van der Waals surface area (Å²) >= 11 is 0. The van der Waals surface area contributed by atoms with Crippen molar-refractivity contribution in [2.75, 3.05) is 20.1 Å². The van der Waals surface area contributed by atoms with Crippen LogP contribution in [-0.2, 0) is 4.79 Å². The highest BCUT2D eigenvalue weighted by molar-refractivity contribution is 5.85. The molecule has 1 aliphatic rings. The van der Waals surface area contributed by atoms with E-state index in [0.717, 1.165) is 12.8 Å². The van der Waals surface area contributed by atoms with Gasteiger partial charge < -0.3 is 16.4 Å². The van der Waals surface area contributed by atoms with E-state index in [1.165, 1.54) is 11.9 Å². The van der Waals surface area contributed by atoms with E-state index in [2.05, 4.69) is 0 Å². The van der Waals surface area contributed by atoms with Gasteiger partial charge in [-0.25, -0.2) is 0 Å². The summed E-state index contributed by atoms with van der Waals surface area (Å²) in [4.78, 5) is 12.7. The Morgan fingerprint density at radius 1 is 1.41 bits per heavy atom. The second kappa shape index (κ2) is 4.81. The summed E-state index contributed by atoms with van der Waals surface area (Å²) in [6.07, 6.45) is -3.49. The van der Waals surface area contributed by atoms with Crippen LogP contribution in [0, 0.1) is 5.92 Å². The molecule has 17 heavy (non-hydrogen) atoms. The van der Waals surface area contributed by atoms with Crippen molar-refractivity contribution in [2.24, 2.45) is 17.4 Å². The molecule has 0 radical (unpaired) electrons. The Labute approximate surface area is 98.1 Å². The van der Waals surface area contributed by atoms with Gasteiger partial charge in [-0.05, 0) is 25.8 Å². The molecule has 0 aromatic rings. The van der Waals surface area contributed by atoms with Crippen molar-refractivity contribution < 1.29 is 18.0 Å². The Kier molecular flexibility index (Phi) is 4.03. The largest absolute Gasteiger partial charge is 0.390 e. The molecule has 1 amide bonds. The van der Waals surface area contributed by atoms with Gasteiger partial charge in [0.2, 0.25) is 5.91 Å². The van der Waals surface area contributed by atoms with E-state index >= 15 is 0 Å². The summed E-state index contributed by atoms with van der Waals surface area (Å²) in [7, 11) is 1.51.